The van der Waals surface area contributed by atoms with Crippen LogP contribution in [0.3, 0.4) is 0 Å². The highest BCUT2D eigenvalue weighted by molar-refractivity contribution is 7.91. The first-order valence-corrected chi connectivity index (χ1v) is 9.03. The van der Waals surface area contributed by atoms with Crippen LogP contribution in [0.25, 0.3) is 0 Å². The number of hydrogen-bond donors (Lipinski definition) is 2. The molecule has 2 N–H and O–H groups in total. The van der Waals surface area contributed by atoms with Crippen LogP contribution in [0.5, 0.6) is 0 Å². The van der Waals surface area contributed by atoms with Crippen molar-refractivity contribution in [1.82, 2.24) is 15.6 Å². The second kappa shape index (κ2) is 5.68. The van der Waals surface area contributed by atoms with Crippen LogP contribution in [0.4, 0.5) is 0 Å². The van der Waals surface area contributed by atoms with Gasteiger partial charge in [-0.25, -0.2) is 8.42 Å². The molecule has 1 atom stereocenters. The van der Waals surface area contributed by atoms with E-state index in [0.29, 0.717) is 12.0 Å². The number of carbonyl (C=O) groups is 2. The normalized spacial score (nSPS) is 23.0. The molecule has 0 bridgehead atoms. The van der Waals surface area contributed by atoms with Crippen LogP contribution in [0.15, 0.2) is 18.3 Å². The van der Waals surface area contributed by atoms with Gasteiger partial charge in [0.15, 0.2) is 9.84 Å². The van der Waals surface area contributed by atoms with Gasteiger partial charge in [0.1, 0.15) is 5.69 Å². The monoisotopic (exact) mass is 323 g/mol. The van der Waals surface area contributed by atoms with Crippen LogP contribution >= 0.6 is 0 Å². The molecule has 118 valence electrons. The predicted molar refractivity (Wildman–Crippen MR) is 79.3 cm³/mol. The lowest BCUT2D eigenvalue weighted by molar-refractivity contribution is 0.0941. The van der Waals surface area contributed by atoms with Crippen LogP contribution in [0.1, 0.15) is 40.1 Å². The molecule has 1 aliphatic heterocycles. The molecule has 2 aliphatic rings. The number of carbonyl (C=O) groups excluding carboxylic acids is 2. The van der Waals surface area contributed by atoms with Crippen molar-refractivity contribution >= 4 is 21.7 Å². The molecule has 0 radical (unpaired) electrons. The Morgan fingerprint density at radius 2 is 1.82 bits per heavy atom. The number of hydrogen-bond acceptors (Lipinski definition) is 5. The van der Waals surface area contributed by atoms with E-state index >= 15 is 0 Å². The van der Waals surface area contributed by atoms with Gasteiger partial charge in [-0.05, 0) is 31.4 Å². The average molecular weight is 323 g/mol. The number of rotatable bonds is 4. The fraction of sp³-hybridized carbons (Fsp3) is 0.500. The van der Waals surface area contributed by atoms with Crippen molar-refractivity contribution in [3.63, 3.8) is 0 Å². The van der Waals surface area contributed by atoms with Gasteiger partial charge >= 0.3 is 0 Å². The standard InChI is InChI=1S/C14H17N3O4S/c18-13(17-11-4-6-22(20,21)8-11)9-3-5-15-12(7-9)14(19)16-10-1-2-10/h3,5,7,10-11H,1-2,4,6,8H2,(H,16,19)(H,17,18). The number of sulfone groups is 1. The minimum atomic E-state index is -3.04. The van der Waals surface area contributed by atoms with Crippen molar-refractivity contribution in [1.29, 1.82) is 0 Å². The summed E-state index contributed by atoms with van der Waals surface area (Å²) >= 11 is 0. The van der Waals surface area contributed by atoms with Crippen molar-refractivity contribution in [3.8, 4) is 0 Å². The molecule has 8 heteroatoms. The number of amides is 2. The second-order valence-electron chi connectivity index (χ2n) is 5.75. The zero-order chi connectivity index (χ0) is 15.7. The first kappa shape index (κ1) is 15.0. The predicted octanol–water partition coefficient (Wildman–Crippen LogP) is -0.109. The minimum absolute atomic E-state index is 0.0289. The quantitative estimate of drug-likeness (QED) is 0.804. The summed E-state index contributed by atoms with van der Waals surface area (Å²) in [5.41, 5.74) is 0.499. The average Bonchev–Trinajstić information content (AvgIpc) is 3.22. The molecule has 2 heterocycles. The molecule has 22 heavy (non-hydrogen) atoms. The topological polar surface area (TPSA) is 105 Å². The summed E-state index contributed by atoms with van der Waals surface area (Å²) in [4.78, 5) is 28.0. The number of nitrogens with zero attached hydrogens (tertiary/aromatic N) is 1. The summed E-state index contributed by atoms with van der Waals surface area (Å²) in [5, 5.41) is 5.50. The highest BCUT2D eigenvalue weighted by atomic mass is 32.2. The molecule has 2 amide bonds. The summed E-state index contributed by atoms with van der Waals surface area (Å²) in [6, 6.07) is 2.79. The molecule has 3 rings (SSSR count). The summed E-state index contributed by atoms with van der Waals surface area (Å²) in [7, 11) is -3.04. The van der Waals surface area contributed by atoms with Gasteiger partial charge in [-0.1, -0.05) is 0 Å². The lowest BCUT2D eigenvalue weighted by Crippen LogP contribution is -2.35. The maximum Gasteiger partial charge on any atom is 0.270 e. The molecule has 1 aromatic heterocycles. The Bertz CT molecular complexity index is 713. The van der Waals surface area contributed by atoms with Gasteiger partial charge in [-0.2, -0.15) is 0 Å². The Labute approximate surface area is 128 Å². The van der Waals surface area contributed by atoms with E-state index in [1.807, 2.05) is 0 Å². The maximum absolute atomic E-state index is 12.2. The van der Waals surface area contributed by atoms with E-state index in [-0.39, 0.29) is 41.1 Å². The van der Waals surface area contributed by atoms with Gasteiger partial charge in [-0.3, -0.25) is 14.6 Å². The Balaban J connectivity index is 1.66. The SMILES string of the molecule is O=C(NC1CCS(=O)(=O)C1)c1ccnc(C(=O)NC2CC2)c1. The zero-order valence-electron chi connectivity index (χ0n) is 11.9. The van der Waals surface area contributed by atoms with E-state index in [4.69, 9.17) is 0 Å². The highest BCUT2D eigenvalue weighted by Gasteiger charge is 2.29. The Hall–Kier alpha value is -1.96. The second-order valence-corrected chi connectivity index (χ2v) is 7.98. The lowest BCUT2D eigenvalue weighted by atomic mass is 10.2. The van der Waals surface area contributed by atoms with Gasteiger partial charge in [0.2, 0.25) is 0 Å². The van der Waals surface area contributed by atoms with Crippen LogP contribution in [-0.4, -0.2) is 48.8 Å². The van der Waals surface area contributed by atoms with Gasteiger partial charge in [-0.15, -0.1) is 0 Å². The minimum Gasteiger partial charge on any atom is -0.348 e. The molecule has 1 saturated heterocycles. The summed E-state index contributed by atoms with van der Waals surface area (Å²) in [5.74, 6) is -0.604. The van der Waals surface area contributed by atoms with Crippen molar-refractivity contribution in [2.45, 2.75) is 31.3 Å². The van der Waals surface area contributed by atoms with E-state index in [1.165, 1.54) is 18.3 Å². The van der Waals surface area contributed by atoms with Gasteiger partial charge < -0.3 is 10.6 Å². The molecule has 1 aliphatic carbocycles. The largest absolute Gasteiger partial charge is 0.348 e. The highest BCUT2D eigenvalue weighted by Crippen LogP contribution is 2.19. The summed E-state index contributed by atoms with van der Waals surface area (Å²) < 4.78 is 22.8. The van der Waals surface area contributed by atoms with E-state index in [9.17, 15) is 18.0 Å². The zero-order valence-corrected chi connectivity index (χ0v) is 12.7. The first-order chi connectivity index (χ1) is 10.4. The van der Waals surface area contributed by atoms with Crippen molar-refractivity contribution in [2.24, 2.45) is 0 Å². The summed E-state index contributed by atoms with van der Waals surface area (Å²) in [6.07, 6.45) is 3.78. The fourth-order valence-electron chi connectivity index (χ4n) is 2.36. The smallest absolute Gasteiger partial charge is 0.270 e. The fourth-order valence-corrected chi connectivity index (χ4v) is 4.03. The van der Waals surface area contributed by atoms with Crippen LogP contribution < -0.4 is 10.6 Å². The van der Waals surface area contributed by atoms with Crippen molar-refractivity contribution in [2.75, 3.05) is 11.5 Å². The lowest BCUT2D eigenvalue weighted by Gasteiger charge is -2.11. The number of nitrogens with one attached hydrogen (secondary N) is 2. The Morgan fingerprint density at radius 3 is 2.45 bits per heavy atom. The first-order valence-electron chi connectivity index (χ1n) is 7.21. The number of aromatic nitrogens is 1. The molecular formula is C14H17N3O4S. The maximum atomic E-state index is 12.2. The molecule has 1 unspecified atom stereocenters. The molecule has 1 saturated carbocycles. The molecule has 1 aromatic rings. The van der Waals surface area contributed by atoms with E-state index in [1.54, 1.807) is 0 Å². The van der Waals surface area contributed by atoms with E-state index in [2.05, 4.69) is 15.6 Å². The van der Waals surface area contributed by atoms with E-state index in [0.717, 1.165) is 12.8 Å². The van der Waals surface area contributed by atoms with Crippen LogP contribution in [0.2, 0.25) is 0 Å². The van der Waals surface area contributed by atoms with Gasteiger partial charge in [0, 0.05) is 23.8 Å². The van der Waals surface area contributed by atoms with Crippen molar-refractivity contribution in [3.05, 3.63) is 29.6 Å². The van der Waals surface area contributed by atoms with Crippen LogP contribution in [-0.2, 0) is 9.84 Å². The number of pyridine rings is 1. The molecular weight excluding hydrogens is 306 g/mol. The van der Waals surface area contributed by atoms with Gasteiger partial charge in [0.25, 0.3) is 11.8 Å². The third-order valence-corrected chi connectivity index (χ3v) is 5.50. The summed E-state index contributed by atoms with van der Waals surface area (Å²) in [6.45, 7) is 0. The Kier molecular flexibility index (Phi) is 3.86. The Morgan fingerprint density at radius 1 is 1.09 bits per heavy atom. The van der Waals surface area contributed by atoms with Gasteiger partial charge in [0.05, 0.1) is 11.5 Å². The molecule has 2 fully saturated rings. The third-order valence-electron chi connectivity index (χ3n) is 3.73. The van der Waals surface area contributed by atoms with Crippen LogP contribution in [0, 0.1) is 0 Å². The van der Waals surface area contributed by atoms with E-state index < -0.39 is 9.84 Å². The molecule has 0 spiro atoms. The molecule has 7 nitrogen and oxygen atoms in total. The third kappa shape index (κ3) is 3.62. The van der Waals surface area contributed by atoms with Crippen molar-refractivity contribution < 1.29 is 18.0 Å². The molecule has 0 aromatic carbocycles.